The Morgan fingerprint density at radius 3 is 2.61 bits per heavy atom. The number of rotatable bonds is 5. The number of benzene rings is 1. The van der Waals surface area contributed by atoms with Crippen molar-refractivity contribution in [3.8, 4) is 0 Å². The summed E-state index contributed by atoms with van der Waals surface area (Å²) >= 11 is 3.56. The fraction of sp³-hybridized carbons (Fsp3) is 0.611. The van der Waals surface area contributed by atoms with E-state index in [2.05, 4.69) is 44.8 Å². The van der Waals surface area contributed by atoms with Crippen LogP contribution in [-0.4, -0.2) is 38.3 Å². The Balaban J connectivity index is 1.69. The van der Waals surface area contributed by atoms with E-state index in [1.807, 2.05) is 6.07 Å². The minimum Gasteiger partial charge on any atom is -0.368 e. The second-order valence-electron chi connectivity index (χ2n) is 6.78. The van der Waals surface area contributed by atoms with E-state index < -0.39 is 5.60 Å². The minimum absolute atomic E-state index is 0.0442. The summed E-state index contributed by atoms with van der Waals surface area (Å²) in [6.45, 7) is 2.36. The van der Waals surface area contributed by atoms with Gasteiger partial charge in [0, 0.05) is 23.5 Å². The van der Waals surface area contributed by atoms with Crippen molar-refractivity contribution in [3.63, 3.8) is 0 Å². The number of piperidine rings is 1. The van der Waals surface area contributed by atoms with Crippen molar-refractivity contribution >= 4 is 21.8 Å². The molecular weight excluding hydrogens is 356 g/mol. The molecule has 1 aromatic rings. The van der Waals surface area contributed by atoms with Gasteiger partial charge in [0.15, 0.2) is 0 Å². The number of methoxy groups -OCH3 is 1. The van der Waals surface area contributed by atoms with Crippen LogP contribution in [0, 0.1) is 0 Å². The lowest BCUT2D eigenvalue weighted by Gasteiger charge is -2.44. The lowest BCUT2D eigenvalue weighted by atomic mass is 9.64. The van der Waals surface area contributed by atoms with Crippen molar-refractivity contribution < 1.29 is 9.53 Å². The SMILES string of the molecule is COC1(C(=O)NCC2(c3cccc(Br)c3)CCC2)CCNCC1. The van der Waals surface area contributed by atoms with Gasteiger partial charge in [0.1, 0.15) is 5.60 Å². The topological polar surface area (TPSA) is 50.4 Å². The Bertz CT molecular complexity index is 566. The molecule has 0 atom stereocenters. The molecule has 0 unspecified atom stereocenters. The molecule has 2 fully saturated rings. The van der Waals surface area contributed by atoms with Crippen molar-refractivity contribution in [2.75, 3.05) is 26.7 Å². The number of ether oxygens (including phenoxy) is 1. The lowest BCUT2D eigenvalue weighted by Crippen LogP contribution is -2.56. The van der Waals surface area contributed by atoms with Crippen molar-refractivity contribution in [3.05, 3.63) is 34.3 Å². The van der Waals surface area contributed by atoms with Crippen molar-refractivity contribution in [1.29, 1.82) is 0 Å². The molecule has 0 bridgehead atoms. The smallest absolute Gasteiger partial charge is 0.252 e. The molecule has 0 radical (unpaired) electrons. The van der Waals surface area contributed by atoms with Crippen LogP contribution in [0.15, 0.2) is 28.7 Å². The van der Waals surface area contributed by atoms with Gasteiger partial charge in [-0.05, 0) is 56.5 Å². The maximum absolute atomic E-state index is 12.8. The summed E-state index contributed by atoms with van der Waals surface area (Å²) in [4.78, 5) is 12.8. The van der Waals surface area contributed by atoms with Gasteiger partial charge in [-0.1, -0.05) is 34.5 Å². The monoisotopic (exact) mass is 380 g/mol. The van der Waals surface area contributed by atoms with Gasteiger partial charge in [0.25, 0.3) is 5.91 Å². The lowest BCUT2D eigenvalue weighted by molar-refractivity contribution is -0.147. The zero-order valence-corrected chi connectivity index (χ0v) is 15.2. The Labute approximate surface area is 146 Å². The third-order valence-electron chi connectivity index (χ3n) is 5.55. The van der Waals surface area contributed by atoms with E-state index >= 15 is 0 Å². The Morgan fingerprint density at radius 2 is 2.04 bits per heavy atom. The molecule has 5 heteroatoms. The highest BCUT2D eigenvalue weighted by Gasteiger charge is 2.43. The number of halogens is 1. The summed E-state index contributed by atoms with van der Waals surface area (Å²) in [5.74, 6) is 0.0442. The predicted molar refractivity (Wildman–Crippen MR) is 94.5 cm³/mol. The van der Waals surface area contributed by atoms with Gasteiger partial charge in [-0.2, -0.15) is 0 Å². The summed E-state index contributed by atoms with van der Waals surface area (Å²) < 4.78 is 6.72. The molecule has 3 rings (SSSR count). The maximum atomic E-state index is 12.8. The summed E-state index contributed by atoms with van der Waals surface area (Å²) in [5.41, 5.74) is 0.740. The quantitative estimate of drug-likeness (QED) is 0.825. The Morgan fingerprint density at radius 1 is 1.30 bits per heavy atom. The zero-order chi connectivity index (χ0) is 16.3. The number of carbonyl (C=O) groups is 1. The molecule has 1 aromatic carbocycles. The molecular formula is C18H25BrN2O2. The van der Waals surface area contributed by atoms with E-state index in [0.717, 1.165) is 43.2 Å². The second-order valence-corrected chi connectivity index (χ2v) is 7.69. The molecule has 1 aliphatic carbocycles. The molecule has 1 aliphatic heterocycles. The summed E-state index contributed by atoms with van der Waals surface area (Å²) in [7, 11) is 1.65. The third kappa shape index (κ3) is 3.32. The van der Waals surface area contributed by atoms with Gasteiger partial charge in [0.2, 0.25) is 0 Å². The minimum atomic E-state index is -0.659. The van der Waals surface area contributed by atoms with E-state index in [0.29, 0.717) is 6.54 Å². The Hall–Kier alpha value is -0.910. The average Bonchev–Trinajstić information content (AvgIpc) is 2.54. The molecule has 2 N–H and O–H groups in total. The van der Waals surface area contributed by atoms with Crippen molar-refractivity contribution in [2.24, 2.45) is 0 Å². The first kappa shape index (κ1) is 16.9. The molecule has 2 aliphatic rings. The molecule has 0 spiro atoms. The van der Waals surface area contributed by atoms with E-state index in [1.165, 1.54) is 12.0 Å². The molecule has 0 aromatic heterocycles. The van der Waals surface area contributed by atoms with Gasteiger partial charge in [-0.25, -0.2) is 0 Å². The van der Waals surface area contributed by atoms with Crippen LogP contribution in [0.1, 0.15) is 37.7 Å². The maximum Gasteiger partial charge on any atom is 0.252 e. The normalized spacial score (nSPS) is 22.2. The highest BCUT2D eigenvalue weighted by atomic mass is 79.9. The molecule has 1 saturated carbocycles. The highest BCUT2D eigenvalue weighted by Crippen LogP contribution is 2.44. The van der Waals surface area contributed by atoms with Crippen LogP contribution in [0.4, 0.5) is 0 Å². The average molecular weight is 381 g/mol. The van der Waals surface area contributed by atoms with E-state index in [4.69, 9.17) is 4.74 Å². The zero-order valence-electron chi connectivity index (χ0n) is 13.7. The van der Waals surface area contributed by atoms with Crippen LogP contribution in [0.5, 0.6) is 0 Å². The highest BCUT2D eigenvalue weighted by molar-refractivity contribution is 9.10. The van der Waals surface area contributed by atoms with E-state index in [1.54, 1.807) is 7.11 Å². The number of hydrogen-bond donors (Lipinski definition) is 2. The Kier molecular flexibility index (Phi) is 5.09. The van der Waals surface area contributed by atoms with Gasteiger partial charge in [-0.3, -0.25) is 4.79 Å². The fourth-order valence-electron chi connectivity index (χ4n) is 3.75. The van der Waals surface area contributed by atoms with Gasteiger partial charge < -0.3 is 15.4 Å². The van der Waals surface area contributed by atoms with Crippen molar-refractivity contribution in [1.82, 2.24) is 10.6 Å². The largest absolute Gasteiger partial charge is 0.368 e. The van der Waals surface area contributed by atoms with Gasteiger partial charge >= 0.3 is 0 Å². The number of amides is 1. The molecule has 1 saturated heterocycles. The third-order valence-corrected chi connectivity index (χ3v) is 6.04. The first-order valence-electron chi connectivity index (χ1n) is 8.41. The summed E-state index contributed by atoms with van der Waals surface area (Å²) in [5, 5.41) is 6.49. The molecule has 1 heterocycles. The standard InChI is InChI=1S/C18H25BrN2O2/c1-23-18(8-10-20-11-9-18)16(22)21-13-17(6-3-7-17)14-4-2-5-15(19)12-14/h2,4-5,12,20H,3,6-11,13H2,1H3,(H,21,22). The fourth-order valence-corrected chi connectivity index (χ4v) is 4.15. The van der Waals surface area contributed by atoms with Crippen LogP contribution in [0.25, 0.3) is 0 Å². The number of hydrogen-bond acceptors (Lipinski definition) is 3. The van der Waals surface area contributed by atoms with Crippen LogP contribution in [-0.2, 0) is 14.9 Å². The van der Waals surface area contributed by atoms with Crippen LogP contribution >= 0.6 is 15.9 Å². The first-order valence-corrected chi connectivity index (χ1v) is 9.20. The van der Waals surface area contributed by atoms with E-state index in [9.17, 15) is 4.79 Å². The summed E-state index contributed by atoms with van der Waals surface area (Å²) in [6.07, 6.45) is 4.96. The number of nitrogens with one attached hydrogen (secondary N) is 2. The van der Waals surface area contributed by atoms with Gasteiger partial charge in [-0.15, -0.1) is 0 Å². The molecule has 23 heavy (non-hydrogen) atoms. The van der Waals surface area contributed by atoms with Gasteiger partial charge in [0.05, 0.1) is 0 Å². The van der Waals surface area contributed by atoms with Crippen molar-refractivity contribution in [2.45, 2.75) is 43.1 Å². The van der Waals surface area contributed by atoms with Crippen LogP contribution < -0.4 is 10.6 Å². The second kappa shape index (κ2) is 6.91. The molecule has 1 amide bonds. The number of carbonyl (C=O) groups excluding carboxylic acids is 1. The van der Waals surface area contributed by atoms with Crippen LogP contribution in [0.3, 0.4) is 0 Å². The van der Waals surface area contributed by atoms with E-state index in [-0.39, 0.29) is 11.3 Å². The predicted octanol–water partition coefficient (Wildman–Crippen LogP) is 2.76. The summed E-state index contributed by atoms with van der Waals surface area (Å²) in [6, 6.07) is 8.47. The molecule has 126 valence electrons. The van der Waals surface area contributed by atoms with Crippen LogP contribution in [0.2, 0.25) is 0 Å². The first-order chi connectivity index (χ1) is 11.1. The molecule has 4 nitrogen and oxygen atoms in total.